The molecule has 0 aromatic heterocycles. The zero-order valence-electron chi connectivity index (χ0n) is 8.53. The fourth-order valence-corrected chi connectivity index (χ4v) is 2.04. The molecule has 14 heavy (non-hydrogen) atoms. The quantitative estimate of drug-likeness (QED) is 0.750. The summed E-state index contributed by atoms with van der Waals surface area (Å²) in [6.45, 7) is 2.51. The van der Waals surface area contributed by atoms with E-state index in [1.807, 2.05) is 6.92 Å². The topological polar surface area (TPSA) is 32.3 Å². The molecule has 2 nitrogen and oxygen atoms in total. The van der Waals surface area contributed by atoms with Gasteiger partial charge in [-0.2, -0.15) is 0 Å². The summed E-state index contributed by atoms with van der Waals surface area (Å²) >= 11 is 0. The van der Waals surface area contributed by atoms with Crippen molar-refractivity contribution in [3.05, 3.63) is 35.4 Å². The molecule has 0 radical (unpaired) electrons. The summed E-state index contributed by atoms with van der Waals surface area (Å²) < 4.78 is 0. The van der Waals surface area contributed by atoms with Crippen LogP contribution < -0.4 is 5.32 Å². The van der Waals surface area contributed by atoms with E-state index in [0.717, 1.165) is 12.8 Å². The molecule has 1 aliphatic rings. The Bertz CT molecular complexity index is 284. The molecule has 0 saturated carbocycles. The minimum absolute atomic E-state index is 0.251. The van der Waals surface area contributed by atoms with Gasteiger partial charge in [0.25, 0.3) is 0 Å². The molecule has 0 aliphatic heterocycles. The summed E-state index contributed by atoms with van der Waals surface area (Å²) in [5.41, 5.74) is 2.91. The molecule has 2 rings (SSSR count). The van der Waals surface area contributed by atoms with E-state index < -0.39 is 0 Å². The van der Waals surface area contributed by atoms with Crippen molar-refractivity contribution in [1.82, 2.24) is 5.32 Å². The second-order valence-electron chi connectivity index (χ2n) is 4.13. The van der Waals surface area contributed by atoms with Crippen molar-refractivity contribution < 1.29 is 5.11 Å². The van der Waals surface area contributed by atoms with Gasteiger partial charge in [-0.3, -0.25) is 0 Å². The van der Waals surface area contributed by atoms with Crippen molar-refractivity contribution in [3.63, 3.8) is 0 Å². The van der Waals surface area contributed by atoms with E-state index in [9.17, 15) is 0 Å². The van der Waals surface area contributed by atoms with Gasteiger partial charge < -0.3 is 10.4 Å². The number of aliphatic hydroxyl groups is 1. The molecule has 0 fully saturated rings. The minimum Gasteiger partial charge on any atom is -0.392 e. The Balaban J connectivity index is 1.92. The second kappa shape index (κ2) is 4.11. The standard InChI is InChI=1S/C12H17NO/c1-9(14)8-13-12-6-10-4-2-3-5-11(10)7-12/h2-5,9,12-14H,6-8H2,1H3/t9-/m1/s1. The second-order valence-corrected chi connectivity index (χ2v) is 4.13. The summed E-state index contributed by atoms with van der Waals surface area (Å²) in [6, 6.07) is 9.09. The van der Waals surface area contributed by atoms with Crippen molar-refractivity contribution in [1.29, 1.82) is 0 Å². The summed E-state index contributed by atoms with van der Waals surface area (Å²) in [7, 11) is 0. The summed E-state index contributed by atoms with van der Waals surface area (Å²) in [6.07, 6.45) is 1.95. The van der Waals surface area contributed by atoms with Gasteiger partial charge in [0.2, 0.25) is 0 Å². The first-order chi connectivity index (χ1) is 6.75. The Hall–Kier alpha value is -0.860. The van der Waals surface area contributed by atoms with Crippen molar-refractivity contribution in [3.8, 4) is 0 Å². The molecule has 0 unspecified atom stereocenters. The van der Waals surface area contributed by atoms with Gasteiger partial charge in [-0.1, -0.05) is 24.3 Å². The first kappa shape index (κ1) is 9.69. The SMILES string of the molecule is C[C@@H](O)CNC1Cc2ccccc2C1. The molecule has 0 spiro atoms. The van der Waals surface area contributed by atoms with Gasteiger partial charge in [0.05, 0.1) is 6.10 Å². The van der Waals surface area contributed by atoms with Gasteiger partial charge in [-0.05, 0) is 30.9 Å². The molecule has 1 aromatic rings. The van der Waals surface area contributed by atoms with Crippen molar-refractivity contribution in [2.24, 2.45) is 0 Å². The molecule has 1 aromatic carbocycles. The molecule has 1 atom stereocenters. The van der Waals surface area contributed by atoms with E-state index >= 15 is 0 Å². The fraction of sp³-hybridized carbons (Fsp3) is 0.500. The highest BCUT2D eigenvalue weighted by atomic mass is 16.3. The number of hydrogen-bond acceptors (Lipinski definition) is 2. The van der Waals surface area contributed by atoms with Gasteiger partial charge >= 0.3 is 0 Å². The normalized spacial score (nSPS) is 18.1. The van der Waals surface area contributed by atoms with Gasteiger partial charge in [0.15, 0.2) is 0 Å². The van der Waals surface area contributed by atoms with E-state index in [-0.39, 0.29) is 6.10 Å². The largest absolute Gasteiger partial charge is 0.392 e. The molecule has 0 amide bonds. The maximum absolute atomic E-state index is 9.17. The molecular weight excluding hydrogens is 174 g/mol. The lowest BCUT2D eigenvalue weighted by atomic mass is 10.1. The van der Waals surface area contributed by atoms with E-state index in [4.69, 9.17) is 5.11 Å². The third-order valence-electron chi connectivity index (χ3n) is 2.75. The third kappa shape index (κ3) is 2.14. The van der Waals surface area contributed by atoms with Gasteiger partial charge in [0.1, 0.15) is 0 Å². The van der Waals surface area contributed by atoms with Crippen LogP contribution in [0.4, 0.5) is 0 Å². The predicted molar refractivity (Wildman–Crippen MR) is 57.3 cm³/mol. The molecule has 1 aliphatic carbocycles. The Morgan fingerprint density at radius 1 is 1.36 bits per heavy atom. The van der Waals surface area contributed by atoms with Crippen LogP contribution in [-0.4, -0.2) is 23.8 Å². The fourth-order valence-electron chi connectivity index (χ4n) is 2.04. The van der Waals surface area contributed by atoms with Crippen LogP contribution in [0.2, 0.25) is 0 Å². The highest BCUT2D eigenvalue weighted by Crippen LogP contribution is 2.21. The highest BCUT2D eigenvalue weighted by Gasteiger charge is 2.20. The average molecular weight is 191 g/mol. The van der Waals surface area contributed by atoms with Crippen LogP contribution >= 0.6 is 0 Å². The van der Waals surface area contributed by atoms with Crippen LogP contribution in [0.1, 0.15) is 18.1 Å². The lowest BCUT2D eigenvalue weighted by Crippen LogP contribution is -2.34. The first-order valence-corrected chi connectivity index (χ1v) is 5.24. The predicted octanol–water partition coefficient (Wildman–Crippen LogP) is 1.12. The molecule has 2 heteroatoms. The van der Waals surface area contributed by atoms with Gasteiger partial charge in [-0.15, -0.1) is 0 Å². The van der Waals surface area contributed by atoms with E-state index in [0.29, 0.717) is 12.6 Å². The zero-order chi connectivity index (χ0) is 9.97. The molecule has 0 heterocycles. The summed E-state index contributed by atoms with van der Waals surface area (Å²) in [4.78, 5) is 0. The van der Waals surface area contributed by atoms with E-state index in [1.54, 1.807) is 0 Å². The lowest BCUT2D eigenvalue weighted by molar-refractivity contribution is 0.186. The van der Waals surface area contributed by atoms with Crippen LogP contribution in [0.15, 0.2) is 24.3 Å². The highest BCUT2D eigenvalue weighted by molar-refractivity contribution is 5.33. The summed E-state index contributed by atoms with van der Waals surface area (Å²) in [5.74, 6) is 0. The number of hydrogen-bond donors (Lipinski definition) is 2. The number of benzene rings is 1. The van der Waals surface area contributed by atoms with Crippen molar-refractivity contribution >= 4 is 0 Å². The summed E-state index contributed by atoms with van der Waals surface area (Å²) in [5, 5.41) is 12.5. The Morgan fingerprint density at radius 3 is 2.43 bits per heavy atom. The Labute approximate surface area is 85.0 Å². The van der Waals surface area contributed by atoms with Crippen molar-refractivity contribution in [2.75, 3.05) is 6.54 Å². The maximum Gasteiger partial charge on any atom is 0.0636 e. The molecule has 2 N–H and O–H groups in total. The molecule has 0 saturated heterocycles. The van der Waals surface area contributed by atoms with Gasteiger partial charge in [0, 0.05) is 12.6 Å². The van der Waals surface area contributed by atoms with E-state index in [1.165, 1.54) is 11.1 Å². The lowest BCUT2D eigenvalue weighted by Gasteiger charge is -2.12. The smallest absolute Gasteiger partial charge is 0.0636 e. The van der Waals surface area contributed by atoms with Crippen LogP contribution in [0.25, 0.3) is 0 Å². The Morgan fingerprint density at radius 2 is 1.93 bits per heavy atom. The minimum atomic E-state index is -0.251. The van der Waals surface area contributed by atoms with Crippen LogP contribution in [0.3, 0.4) is 0 Å². The number of aliphatic hydroxyl groups excluding tert-OH is 1. The third-order valence-corrected chi connectivity index (χ3v) is 2.75. The van der Waals surface area contributed by atoms with Crippen LogP contribution in [0.5, 0.6) is 0 Å². The number of nitrogens with one attached hydrogen (secondary N) is 1. The monoisotopic (exact) mass is 191 g/mol. The maximum atomic E-state index is 9.17. The number of rotatable bonds is 3. The van der Waals surface area contributed by atoms with Crippen LogP contribution in [0, 0.1) is 0 Å². The first-order valence-electron chi connectivity index (χ1n) is 5.24. The zero-order valence-corrected chi connectivity index (χ0v) is 8.53. The molecule has 0 bridgehead atoms. The van der Waals surface area contributed by atoms with E-state index in [2.05, 4.69) is 29.6 Å². The molecule has 76 valence electrons. The van der Waals surface area contributed by atoms with Crippen molar-refractivity contribution in [2.45, 2.75) is 31.9 Å². The Kier molecular flexibility index (Phi) is 2.85. The van der Waals surface area contributed by atoms with Gasteiger partial charge in [-0.25, -0.2) is 0 Å². The number of fused-ring (bicyclic) bond motifs is 1. The average Bonchev–Trinajstić information content (AvgIpc) is 2.57. The van der Waals surface area contributed by atoms with Crippen LogP contribution in [-0.2, 0) is 12.8 Å². The molecular formula is C12H17NO.